The summed E-state index contributed by atoms with van der Waals surface area (Å²) in [5.41, 5.74) is 1.25. The SMILES string of the molecule is CCC(CO)NC(=O)N/C=C(\C)C1CCCC1. The molecule has 4 nitrogen and oxygen atoms in total. The maximum absolute atomic E-state index is 11.5. The van der Waals surface area contributed by atoms with E-state index in [1.54, 1.807) is 6.20 Å². The summed E-state index contributed by atoms with van der Waals surface area (Å²) < 4.78 is 0. The number of hydrogen-bond acceptors (Lipinski definition) is 2. The first kappa shape index (κ1) is 14.0. The van der Waals surface area contributed by atoms with Crippen molar-refractivity contribution in [3.8, 4) is 0 Å². The van der Waals surface area contributed by atoms with Crippen LogP contribution in [0.25, 0.3) is 0 Å². The van der Waals surface area contributed by atoms with E-state index in [4.69, 9.17) is 5.11 Å². The number of aliphatic hydroxyl groups excluding tert-OH is 1. The predicted molar refractivity (Wildman–Crippen MR) is 68.5 cm³/mol. The normalized spacial score (nSPS) is 19.1. The van der Waals surface area contributed by atoms with Gasteiger partial charge in [0, 0.05) is 6.20 Å². The summed E-state index contributed by atoms with van der Waals surface area (Å²) in [6.07, 6.45) is 7.60. The van der Waals surface area contributed by atoms with Crippen molar-refractivity contribution in [2.45, 2.75) is 52.0 Å². The summed E-state index contributed by atoms with van der Waals surface area (Å²) in [6, 6.07) is -0.390. The molecule has 1 rings (SSSR count). The highest BCUT2D eigenvalue weighted by Gasteiger charge is 2.16. The number of rotatable bonds is 5. The number of hydrogen-bond donors (Lipinski definition) is 3. The van der Waals surface area contributed by atoms with Crippen LogP contribution in [0.15, 0.2) is 11.8 Å². The average Bonchev–Trinajstić information content (AvgIpc) is 2.86. The summed E-state index contributed by atoms with van der Waals surface area (Å²) in [5.74, 6) is 0.634. The second kappa shape index (κ2) is 7.33. The van der Waals surface area contributed by atoms with Crippen LogP contribution in [0.3, 0.4) is 0 Å². The smallest absolute Gasteiger partial charge is 0.319 e. The van der Waals surface area contributed by atoms with Crippen LogP contribution in [0.2, 0.25) is 0 Å². The largest absolute Gasteiger partial charge is 0.394 e. The Bertz CT molecular complexity index is 267. The maximum Gasteiger partial charge on any atom is 0.319 e. The van der Waals surface area contributed by atoms with E-state index in [-0.39, 0.29) is 18.7 Å². The Balaban J connectivity index is 2.32. The van der Waals surface area contributed by atoms with Gasteiger partial charge < -0.3 is 15.7 Å². The van der Waals surface area contributed by atoms with Gasteiger partial charge in [0.05, 0.1) is 12.6 Å². The first-order chi connectivity index (χ1) is 8.17. The minimum Gasteiger partial charge on any atom is -0.394 e. The van der Waals surface area contributed by atoms with Crippen molar-refractivity contribution in [3.05, 3.63) is 11.8 Å². The fraction of sp³-hybridized carbons (Fsp3) is 0.769. The highest BCUT2D eigenvalue weighted by Crippen LogP contribution is 2.30. The van der Waals surface area contributed by atoms with Gasteiger partial charge in [0.1, 0.15) is 0 Å². The standard InChI is InChI=1S/C13H24N2O2/c1-3-12(9-16)15-13(17)14-8-10(2)11-6-4-5-7-11/h8,11-12,16H,3-7,9H2,1-2H3,(H2,14,15,17)/b10-8+. The van der Waals surface area contributed by atoms with E-state index in [9.17, 15) is 4.79 Å². The summed E-state index contributed by atoms with van der Waals surface area (Å²) in [7, 11) is 0. The fourth-order valence-corrected chi connectivity index (χ4v) is 2.18. The Morgan fingerprint density at radius 3 is 2.65 bits per heavy atom. The zero-order valence-corrected chi connectivity index (χ0v) is 10.8. The van der Waals surface area contributed by atoms with Crippen LogP contribution in [-0.4, -0.2) is 23.8 Å². The molecule has 0 bridgehead atoms. The molecule has 0 radical (unpaired) electrons. The third kappa shape index (κ3) is 4.77. The van der Waals surface area contributed by atoms with Gasteiger partial charge in [-0.25, -0.2) is 4.79 Å². The molecule has 98 valence electrons. The quantitative estimate of drug-likeness (QED) is 0.689. The topological polar surface area (TPSA) is 61.4 Å². The van der Waals surface area contributed by atoms with Gasteiger partial charge in [-0.3, -0.25) is 0 Å². The number of nitrogens with one attached hydrogen (secondary N) is 2. The number of allylic oxidation sites excluding steroid dienone is 1. The molecule has 0 aromatic carbocycles. The van der Waals surface area contributed by atoms with Crippen LogP contribution in [0.1, 0.15) is 46.0 Å². The molecule has 2 amide bonds. The monoisotopic (exact) mass is 240 g/mol. The van der Waals surface area contributed by atoms with Crippen molar-refractivity contribution in [2.75, 3.05) is 6.61 Å². The number of amides is 2. The maximum atomic E-state index is 11.5. The summed E-state index contributed by atoms with van der Waals surface area (Å²) in [4.78, 5) is 11.5. The predicted octanol–water partition coefficient (Wildman–Crippen LogP) is 2.15. The van der Waals surface area contributed by atoms with Crippen molar-refractivity contribution in [1.29, 1.82) is 0 Å². The molecule has 0 aliphatic heterocycles. The van der Waals surface area contributed by atoms with Crippen LogP contribution in [0.5, 0.6) is 0 Å². The van der Waals surface area contributed by atoms with E-state index in [1.807, 2.05) is 6.92 Å². The second-order valence-corrected chi connectivity index (χ2v) is 4.78. The van der Waals surface area contributed by atoms with Gasteiger partial charge in [-0.1, -0.05) is 25.3 Å². The van der Waals surface area contributed by atoms with Crippen LogP contribution in [-0.2, 0) is 0 Å². The number of carbonyl (C=O) groups is 1. The zero-order valence-electron chi connectivity index (χ0n) is 10.8. The van der Waals surface area contributed by atoms with Crippen LogP contribution >= 0.6 is 0 Å². The van der Waals surface area contributed by atoms with Gasteiger partial charge in [-0.05, 0) is 32.1 Å². The lowest BCUT2D eigenvalue weighted by molar-refractivity contribution is 0.217. The molecule has 3 N–H and O–H groups in total. The Morgan fingerprint density at radius 2 is 2.12 bits per heavy atom. The minimum absolute atomic E-state index is 0.0186. The number of urea groups is 1. The Kier molecular flexibility index (Phi) is 6.05. The third-order valence-corrected chi connectivity index (χ3v) is 3.48. The van der Waals surface area contributed by atoms with E-state index >= 15 is 0 Å². The second-order valence-electron chi connectivity index (χ2n) is 4.78. The molecule has 0 aromatic heterocycles. The van der Waals surface area contributed by atoms with Gasteiger partial charge in [0.15, 0.2) is 0 Å². The summed E-state index contributed by atoms with van der Waals surface area (Å²) in [6.45, 7) is 3.98. The van der Waals surface area contributed by atoms with E-state index in [2.05, 4.69) is 17.6 Å². The molecule has 0 aromatic rings. The molecule has 0 spiro atoms. The Labute approximate surface area is 103 Å². The summed E-state index contributed by atoms with van der Waals surface area (Å²) in [5, 5.41) is 14.4. The molecule has 1 atom stereocenters. The van der Waals surface area contributed by atoms with E-state index in [0.717, 1.165) is 6.42 Å². The Hall–Kier alpha value is -1.03. The number of carbonyl (C=O) groups excluding carboxylic acids is 1. The van der Waals surface area contributed by atoms with Crippen molar-refractivity contribution in [1.82, 2.24) is 10.6 Å². The van der Waals surface area contributed by atoms with Gasteiger partial charge in [-0.15, -0.1) is 0 Å². The highest BCUT2D eigenvalue weighted by molar-refractivity contribution is 5.75. The lowest BCUT2D eigenvalue weighted by Crippen LogP contribution is -2.41. The third-order valence-electron chi connectivity index (χ3n) is 3.48. The van der Waals surface area contributed by atoms with Crippen LogP contribution < -0.4 is 10.6 Å². The lowest BCUT2D eigenvalue weighted by atomic mass is 10.0. The average molecular weight is 240 g/mol. The van der Waals surface area contributed by atoms with Gasteiger partial charge >= 0.3 is 6.03 Å². The molecule has 1 aliphatic rings. The number of aliphatic hydroxyl groups is 1. The Morgan fingerprint density at radius 1 is 1.47 bits per heavy atom. The molecular weight excluding hydrogens is 216 g/mol. The van der Waals surface area contributed by atoms with Crippen molar-refractivity contribution < 1.29 is 9.90 Å². The zero-order chi connectivity index (χ0) is 12.7. The lowest BCUT2D eigenvalue weighted by Gasteiger charge is -2.14. The van der Waals surface area contributed by atoms with Crippen LogP contribution in [0, 0.1) is 5.92 Å². The molecular formula is C13H24N2O2. The summed E-state index contributed by atoms with van der Waals surface area (Å²) >= 11 is 0. The van der Waals surface area contributed by atoms with Gasteiger partial charge in [0.2, 0.25) is 0 Å². The highest BCUT2D eigenvalue weighted by atomic mass is 16.3. The van der Waals surface area contributed by atoms with Crippen molar-refractivity contribution in [3.63, 3.8) is 0 Å². The first-order valence-corrected chi connectivity index (χ1v) is 6.52. The van der Waals surface area contributed by atoms with E-state index in [1.165, 1.54) is 31.3 Å². The molecule has 17 heavy (non-hydrogen) atoms. The molecule has 0 saturated heterocycles. The van der Waals surface area contributed by atoms with Crippen molar-refractivity contribution in [2.24, 2.45) is 5.92 Å². The molecule has 1 fully saturated rings. The van der Waals surface area contributed by atoms with E-state index in [0.29, 0.717) is 5.92 Å². The molecule has 1 aliphatic carbocycles. The first-order valence-electron chi connectivity index (χ1n) is 6.52. The molecule has 4 heteroatoms. The van der Waals surface area contributed by atoms with Crippen LogP contribution in [0.4, 0.5) is 4.79 Å². The molecule has 1 saturated carbocycles. The van der Waals surface area contributed by atoms with Crippen molar-refractivity contribution >= 4 is 6.03 Å². The van der Waals surface area contributed by atoms with Gasteiger partial charge in [0.25, 0.3) is 0 Å². The minimum atomic E-state index is -0.233. The molecule has 1 unspecified atom stereocenters. The molecule has 0 heterocycles. The van der Waals surface area contributed by atoms with E-state index < -0.39 is 0 Å². The fourth-order valence-electron chi connectivity index (χ4n) is 2.18. The van der Waals surface area contributed by atoms with Gasteiger partial charge in [-0.2, -0.15) is 0 Å².